The molecule has 0 aliphatic heterocycles. The average Bonchev–Trinajstić information content (AvgIpc) is 2.46. The van der Waals surface area contributed by atoms with E-state index >= 15 is 0 Å². The monoisotopic (exact) mass is 268 g/mol. The van der Waals surface area contributed by atoms with E-state index < -0.39 is 5.97 Å². The van der Waals surface area contributed by atoms with Crippen LogP contribution in [0, 0.1) is 0 Å². The van der Waals surface area contributed by atoms with Gasteiger partial charge in [0, 0.05) is 5.56 Å². The Bertz CT molecular complexity index is 672. The first-order valence-electron chi connectivity index (χ1n) is 5.91. The number of ketones is 1. The molecule has 4 heteroatoms. The van der Waals surface area contributed by atoms with Crippen molar-refractivity contribution in [3.8, 4) is 5.75 Å². The highest BCUT2D eigenvalue weighted by Crippen LogP contribution is 2.19. The van der Waals surface area contributed by atoms with Crippen LogP contribution in [-0.4, -0.2) is 22.0 Å². The van der Waals surface area contributed by atoms with E-state index in [0.717, 1.165) is 0 Å². The zero-order valence-electron chi connectivity index (χ0n) is 10.5. The molecule has 2 rings (SSSR count). The highest BCUT2D eigenvalue weighted by molar-refractivity contribution is 6.06. The molecule has 0 atom stereocenters. The fourth-order valence-corrected chi connectivity index (χ4v) is 1.70. The van der Waals surface area contributed by atoms with Crippen molar-refractivity contribution in [3.63, 3.8) is 0 Å². The van der Waals surface area contributed by atoms with Crippen molar-refractivity contribution in [2.75, 3.05) is 0 Å². The van der Waals surface area contributed by atoms with Crippen LogP contribution >= 0.6 is 0 Å². The molecular weight excluding hydrogens is 256 g/mol. The fraction of sp³-hybridized carbons (Fsp3) is 0. The minimum absolute atomic E-state index is 0.171. The molecule has 0 aliphatic carbocycles. The highest BCUT2D eigenvalue weighted by Gasteiger charge is 2.09. The molecule has 4 nitrogen and oxygen atoms in total. The summed E-state index contributed by atoms with van der Waals surface area (Å²) in [6.07, 6.45) is 2.88. The number of benzene rings is 2. The van der Waals surface area contributed by atoms with Gasteiger partial charge in [0.15, 0.2) is 5.78 Å². The summed E-state index contributed by atoms with van der Waals surface area (Å²) >= 11 is 0. The standard InChI is InChI=1S/C16H12O4/c17-14(12-4-2-1-3-5-12)8-6-11-7-9-15(18)13(10-11)16(19)20/h1-10,18H,(H,19,20). The molecule has 0 spiro atoms. The van der Waals surface area contributed by atoms with Gasteiger partial charge in [-0.05, 0) is 23.8 Å². The second kappa shape index (κ2) is 5.84. The SMILES string of the molecule is O=C(C=Cc1ccc(O)c(C(=O)O)c1)c1ccccc1. The van der Waals surface area contributed by atoms with Crippen LogP contribution in [0.2, 0.25) is 0 Å². The van der Waals surface area contributed by atoms with Gasteiger partial charge in [-0.25, -0.2) is 4.79 Å². The Morgan fingerprint density at radius 3 is 2.35 bits per heavy atom. The molecule has 0 bridgehead atoms. The summed E-state index contributed by atoms with van der Waals surface area (Å²) in [5, 5.41) is 18.3. The molecule has 0 unspecified atom stereocenters. The van der Waals surface area contributed by atoms with Crippen LogP contribution in [-0.2, 0) is 0 Å². The van der Waals surface area contributed by atoms with E-state index in [2.05, 4.69) is 0 Å². The Morgan fingerprint density at radius 2 is 1.70 bits per heavy atom. The molecule has 2 aromatic carbocycles. The summed E-state index contributed by atoms with van der Waals surface area (Å²) in [6.45, 7) is 0. The Balaban J connectivity index is 2.22. The van der Waals surface area contributed by atoms with Gasteiger partial charge in [0.1, 0.15) is 11.3 Å². The Morgan fingerprint density at radius 1 is 1.00 bits per heavy atom. The van der Waals surface area contributed by atoms with Crippen molar-refractivity contribution >= 4 is 17.8 Å². The highest BCUT2D eigenvalue weighted by atomic mass is 16.4. The third-order valence-electron chi connectivity index (χ3n) is 2.74. The average molecular weight is 268 g/mol. The minimum Gasteiger partial charge on any atom is -0.507 e. The lowest BCUT2D eigenvalue weighted by atomic mass is 10.1. The zero-order chi connectivity index (χ0) is 14.5. The molecule has 0 saturated carbocycles. The van der Waals surface area contributed by atoms with Crippen molar-refractivity contribution in [1.29, 1.82) is 0 Å². The lowest BCUT2D eigenvalue weighted by Gasteiger charge is -2.00. The van der Waals surface area contributed by atoms with Crippen LogP contribution in [0.1, 0.15) is 26.3 Å². The minimum atomic E-state index is -1.22. The number of aromatic hydroxyl groups is 1. The summed E-state index contributed by atoms with van der Waals surface area (Å²) in [7, 11) is 0. The summed E-state index contributed by atoms with van der Waals surface area (Å²) in [5.74, 6) is -1.69. The van der Waals surface area contributed by atoms with Crippen molar-refractivity contribution in [2.24, 2.45) is 0 Å². The first kappa shape index (κ1) is 13.5. The molecule has 0 aromatic heterocycles. The van der Waals surface area contributed by atoms with Gasteiger partial charge >= 0.3 is 5.97 Å². The Labute approximate surface area is 115 Å². The molecule has 0 fully saturated rings. The summed E-state index contributed by atoms with van der Waals surface area (Å²) in [6, 6.07) is 12.9. The molecule has 20 heavy (non-hydrogen) atoms. The van der Waals surface area contributed by atoms with Gasteiger partial charge in [-0.3, -0.25) is 4.79 Å². The number of rotatable bonds is 4. The van der Waals surface area contributed by atoms with E-state index in [-0.39, 0.29) is 17.1 Å². The van der Waals surface area contributed by atoms with E-state index in [1.165, 1.54) is 30.4 Å². The normalized spacial score (nSPS) is 10.6. The fourth-order valence-electron chi connectivity index (χ4n) is 1.70. The van der Waals surface area contributed by atoms with Gasteiger partial charge in [0.2, 0.25) is 0 Å². The number of hydrogen-bond donors (Lipinski definition) is 2. The predicted molar refractivity (Wildman–Crippen MR) is 74.9 cm³/mol. The first-order valence-corrected chi connectivity index (χ1v) is 5.91. The molecule has 0 radical (unpaired) electrons. The molecule has 0 aliphatic rings. The van der Waals surface area contributed by atoms with E-state index in [9.17, 15) is 14.7 Å². The number of carboxylic acid groups (broad SMARTS) is 1. The van der Waals surface area contributed by atoms with Gasteiger partial charge in [-0.2, -0.15) is 0 Å². The van der Waals surface area contributed by atoms with Gasteiger partial charge < -0.3 is 10.2 Å². The van der Waals surface area contributed by atoms with Gasteiger partial charge in [-0.15, -0.1) is 0 Å². The van der Waals surface area contributed by atoms with Gasteiger partial charge in [0.05, 0.1) is 0 Å². The first-order chi connectivity index (χ1) is 9.58. The third kappa shape index (κ3) is 3.11. The molecule has 0 amide bonds. The number of hydrogen-bond acceptors (Lipinski definition) is 3. The van der Waals surface area contributed by atoms with Crippen LogP contribution in [0.3, 0.4) is 0 Å². The summed E-state index contributed by atoms with van der Waals surface area (Å²) < 4.78 is 0. The van der Waals surface area contributed by atoms with Crippen molar-refractivity contribution in [2.45, 2.75) is 0 Å². The van der Waals surface area contributed by atoms with E-state index in [1.807, 2.05) is 6.07 Å². The number of carbonyl (C=O) groups is 2. The number of carbonyl (C=O) groups excluding carboxylic acids is 1. The lowest BCUT2D eigenvalue weighted by Crippen LogP contribution is -1.97. The van der Waals surface area contributed by atoms with Crippen LogP contribution < -0.4 is 0 Å². The van der Waals surface area contributed by atoms with E-state index in [0.29, 0.717) is 11.1 Å². The van der Waals surface area contributed by atoms with Gasteiger partial charge in [0.25, 0.3) is 0 Å². The topological polar surface area (TPSA) is 74.6 Å². The van der Waals surface area contributed by atoms with Gasteiger partial charge in [-0.1, -0.05) is 42.5 Å². The molecule has 2 N–H and O–H groups in total. The maximum absolute atomic E-state index is 11.9. The number of aromatic carboxylic acids is 1. The summed E-state index contributed by atoms with van der Waals surface area (Å²) in [5.41, 5.74) is 0.893. The number of allylic oxidation sites excluding steroid dienone is 1. The third-order valence-corrected chi connectivity index (χ3v) is 2.74. The van der Waals surface area contributed by atoms with Crippen molar-refractivity contribution in [1.82, 2.24) is 0 Å². The van der Waals surface area contributed by atoms with Crippen LogP contribution in [0.5, 0.6) is 5.75 Å². The smallest absolute Gasteiger partial charge is 0.339 e. The second-order valence-electron chi connectivity index (χ2n) is 4.15. The number of phenols is 1. The number of carboxylic acids is 1. The van der Waals surface area contributed by atoms with Crippen molar-refractivity contribution < 1.29 is 19.8 Å². The second-order valence-corrected chi connectivity index (χ2v) is 4.15. The molecular formula is C16H12O4. The lowest BCUT2D eigenvalue weighted by molar-refractivity contribution is 0.0693. The van der Waals surface area contributed by atoms with Crippen molar-refractivity contribution in [3.05, 3.63) is 71.3 Å². The molecule has 0 saturated heterocycles. The maximum atomic E-state index is 11.9. The largest absolute Gasteiger partial charge is 0.507 e. The van der Waals surface area contributed by atoms with Crippen LogP contribution in [0.25, 0.3) is 6.08 Å². The Hall–Kier alpha value is -2.88. The predicted octanol–water partition coefficient (Wildman–Crippen LogP) is 2.99. The van der Waals surface area contributed by atoms with Crippen LogP contribution in [0.4, 0.5) is 0 Å². The van der Waals surface area contributed by atoms with E-state index in [4.69, 9.17) is 5.11 Å². The Kier molecular flexibility index (Phi) is 3.96. The molecule has 0 heterocycles. The maximum Gasteiger partial charge on any atom is 0.339 e. The zero-order valence-corrected chi connectivity index (χ0v) is 10.5. The molecule has 100 valence electrons. The van der Waals surface area contributed by atoms with Crippen LogP contribution in [0.15, 0.2) is 54.6 Å². The van der Waals surface area contributed by atoms with E-state index in [1.54, 1.807) is 24.3 Å². The molecule has 2 aromatic rings. The quantitative estimate of drug-likeness (QED) is 0.660. The summed E-state index contributed by atoms with van der Waals surface area (Å²) in [4.78, 5) is 22.7.